The Hall–Kier alpha value is -4.00. The van der Waals surface area contributed by atoms with Crippen LogP contribution in [0.1, 0.15) is 16.1 Å². The summed E-state index contributed by atoms with van der Waals surface area (Å²) < 4.78 is 6.58. The van der Waals surface area contributed by atoms with Crippen LogP contribution in [0.3, 0.4) is 0 Å². The number of hydrogen-bond donors (Lipinski definition) is 1. The van der Waals surface area contributed by atoms with Gasteiger partial charge < -0.3 is 4.74 Å². The van der Waals surface area contributed by atoms with Crippen LogP contribution in [0.2, 0.25) is 0 Å². The minimum atomic E-state index is -0.507. The van der Waals surface area contributed by atoms with E-state index < -0.39 is 5.91 Å². The minimum absolute atomic E-state index is 0.129. The molecule has 0 unspecified atom stereocenters. The number of carbonyl (C=O) groups is 1. The standard InChI is InChI=1S/C22H18N4O3/c1-26-22(28)17-10-6-5-9-16(17)20(25-26)21(27)24-23-13-18-15-8-4-3-7-14(15)11-12-19(18)29-2/h3-13H,1-2H3,(H,24,27)/b23-13-. The van der Waals surface area contributed by atoms with Crippen LogP contribution in [0.4, 0.5) is 0 Å². The molecule has 7 nitrogen and oxygen atoms in total. The fourth-order valence-corrected chi connectivity index (χ4v) is 3.26. The highest BCUT2D eigenvalue weighted by molar-refractivity contribution is 6.06. The molecule has 4 rings (SSSR count). The molecule has 0 aliphatic carbocycles. The van der Waals surface area contributed by atoms with E-state index in [0.29, 0.717) is 16.5 Å². The lowest BCUT2D eigenvalue weighted by molar-refractivity contribution is 0.0950. The van der Waals surface area contributed by atoms with E-state index in [1.807, 2.05) is 36.4 Å². The molecule has 1 N–H and O–H groups in total. The number of nitrogens with one attached hydrogen (secondary N) is 1. The Morgan fingerprint density at radius 1 is 1.03 bits per heavy atom. The second kappa shape index (κ2) is 7.55. The van der Waals surface area contributed by atoms with E-state index in [4.69, 9.17) is 4.74 Å². The van der Waals surface area contributed by atoms with E-state index in [9.17, 15) is 9.59 Å². The lowest BCUT2D eigenvalue weighted by Gasteiger charge is -2.09. The molecule has 0 radical (unpaired) electrons. The fraction of sp³-hybridized carbons (Fsp3) is 0.0909. The number of nitrogens with zero attached hydrogens (tertiary/aromatic N) is 3. The first kappa shape index (κ1) is 18.4. The molecule has 3 aromatic carbocycles. The molecule has 1 aromatic heterocycles. The Bertz CT molecular complexity index is 1320. The number of hydrazone groups is 1. The average Bonchev–Trinajstić information content (AvgIpc) is 2.76. The normalized spacial score (nSPS) is 11.2. The van der Waals surface area contributed by atoms with E-state index in [0.717, 1.165) is 21.0 Å². The number of rotatable bonds is 4. The first-order valence-corrected chi connectivity index (χ1v) is 8.95. The molecule has 29 heavy (non-hydrogen) atoms. The van der Waals surface area contributed by atoms with Gasteiger partial charge in [0.2, 0.25) is 0 Å². The number of fused-ring (bicyclic) bond motifs is 2. The van der Waals surface area contributed by atoms with Crippen molar-refractivity contribution in [1.82, 2.24) is 15.2 Å². The maximum atomic E-state index is 12.7. The Balaban J connectivity index is 1.69. The van der Waals surface area contributed by atoms with Crippen LogP contribution in [0.5, 0.6) is 5.75 Å². The van der Waals surface area contributed by atoms with E-state index in [1.165, 1.54) is 7.05 Å². The predicted octanol–water partition coefficient (Wildman–Crippen LogP) is 2.86. The Morgan fingerprint density at radius 3 is 2.48 bits per heavy atom. The molecule has 0 bridgehead atoms. The molecule has 1 heterocycles. The van der Waals surface area contributed by atoms with Gasteiger partial charge in [0.15, 0.2) is 5.69 Å². The lowest BCUT2D eigenvalue weighted by Crippen LogP contribution is -2.27. The third-order valence-electron chi connectivity index (χ3n) is 4.68. The van der Waals surface area contributed by atoms with Crippen molar-refractivity contribution >= 4 is 33.7 Å². The number of aryl methyl sites for hydroxylation is 1. The first-order chi connectivity index (χ1) is 14.1. The second-order valence-corrected chi connectivity index (χ2v) is 6.42. The van der Waals surface area contributed by atoms with Gasteiger partial charge >= 0.3 is 0 Å². The van der Waals surface area contributed by atoms with Gasteiger partial charge in [0.25, 0.3) is 11.5 Å². The number of amides is 1. The summed E-state index contributed by atoms with van der Waals surface area (Å²) >= 11 is 0. The van der Waals surface area contributed by atoms with E-state index in [-0.39, 0.29) is 11.3 Å². The van der Waals surface area contributed by atoms with E-state index >= 15 is 0 Å². The molecule has 0 atom stereocenters. The van der Waals surface area contributed by atoms with Crippen molar-refractivity contribution in [1.29, 1.82) is 0 Å². The maximum Gasteiger partial charge on any atom is 0.292 e. The Morgan fingerprint density at radius 2 is 1.72 bits per heavy atom. The summed E-state index contributed by atoms with van der Waals surface area (Å²) in [7, 11) is 3.09. The molecule has 0 spiro atoms. The molecule has 0 fully saturated rings. The van der Waals surface area contributed by atoms with Gasteiger partial charge in [-0.3, -0.25) is 9.59 Å². The summed E-state index contributed by atoms with van der Waals surface area (Å²) in [5.41, 5.74) is 3.12. The van der Waals surface area contributed by atoms with Gasteiger partial charge in [0.1, 0.15) is 5.75 Å². The smallest absolute Gasteiger partial charge is 0.292 e. The largest absolute Gasteiger partial charge is 0.496 e. The number of carbonyl (C=O) groups excluding carboxylic acids is 1. The highest BCUT2D eigenvalue weighted by atomic mass is 16.5. The summed E-state index contributed by atoms with van der Waals surface area (Å²) in [5.74, 6) is 0.139. The molecular weight excluding hydrogens is 368 g/mol. The molecule has 0 aliphatic heterocycles. The van der Waals surface area contributed by atoms with Crippen LogP contribution in [0, 0.1) is 0 Å². The Kier molecular flexibility index (Phi) is 4.78. The minimum Gasteiger partial charge on any atom is -0.496 e. The highest BCUT2D eigenvalue weighted by Gasteiger charge is 2.15. The molecule has 0 saturated heterocycles. The van der Waals surface area contributed by atoms with Gasteiger partial charge in [-0.15, -0.1) is 0 Å². The van der Waals surface area contributed by atoms with Crippen molar-refractivity contribution in [2.24, 2.45) is 12.1 Å². The summed E-state index contributed by atoms with van der Waals surface area (Å²) in [6.07, 6.45) is 1.54. The van der Waals surface area contributed by atoms with Crippen LogP contribution < -0.4 is 15.7 Å². The van der Waals surface area contributed by atoms with Crippen molar-refractivity contribution in [3.8, 4) is 5.75 Å². The third kappa shape index (κ3) is 3.34. The number of methoxy groups -OCH3 is 1. The van der Waals surface area contributed by atoms with Gasteiger partial charge in [-0.25, -0.2) is 10.1 Å². The zero-order chi connectivity index (χ0) is 20.4. The first-order valence-electron chi connectivity index (χ1n) is 8.95. The number of hydrogen-bond acceptors (Lipinski definition) is 5. The molecule has 7 heteroatoms. The van der Waals surface area contributed by atoms with Crippen molar-refractivity contribution in [3.63, 3.8) is 0 Å². The van der Waals surface area contributed by atoms with Crippen LogP contribution in [0.15, 0.2) is 70.6 Å². The fourth-order valence-electron chi connectivity index (χ4n) is 3.26. The number of aromatic nitrogens is 2. The topological polar surface area (TPSA) is 85.6 Å². The van der Waals surface area contributed by atoms with E-state index in [2.05, 4.69) is 15.6 Å². The average molecular weight is 386 g/mol. The van der Waals surface area contributed by atoms with Gasteiger partial charge in [0.05, 0.1) is 18.7 Å². The zero-order valence-corrected chi connectivity index (χ0v) is 15.9. The van der Waals surface area contributed by atoms with Gasteiger partial charge in [0, 0.05) is 18.0 Å². The number of benzene rings is 3. The molecule has 144 valence electrons. The Labute approximate surface area is 166 Å². The van der Waals surface area contributed by atoms with Crippen molar-refractivity contribution < 1.29 is 9.53 Å². The molecule has 0 aliphatic rings. The van der Waals surface area contributed by atoms with E-state index in [1.54, 1.807) is 37.6 Å². The van der Waals surface area contributed by atoms with Crippen molar-refractivity contribution in [2.45, 2.75) is 0 Å². The van der Waals surface area contributed by atoms with Gasteiger partial charge in [-0.05, 0) is 22.9 Å². The predicted molar refractivity (Wildman–Crippen MR) is 113 cm³/mol. The second-order valence-electron chi connectivity index (χ2n) is 6.42. The monoisotopic (exact) mass is 386 g/mol. The molecule has 0 saturated carbocycles. The third-order valence-corrected chi connectivity index (χ3v) is 4.68. The lowest BCUT2D eigenvalue weighted by atomic mass is 10.0. The van der Waals surface area contributed by atoms with Crippen molar-refractivity contribution in [3.05, 3.63) is 82.3 Å². The molecular formula is C22H18N4O3. The quantitative estimate of drug-likeness (QED) is 0.432. The number of ether oxygens (including phenoxy) is 1. The summed E-state index contributed by atoms with van der Waals surface area (Å²) in [6.45, 7) is 0. The van der Waals surface area contributed by atoms with Crippen LogP contribution in [0.25, 0.3) is 21.5 Å². The zero-order valence-electron chi connectivity index (χ0n) is 15.9. The summed E-state index contributed by atoms with van der Waals surface area (Å²) in [6, 6.07) is 18.5. The SMILES string of the molecule is COc1ccc2ccccc2c1/C=N\NC(=O)c1nn(C)c(=O)c2ccccc12. The van der Waals surface area contributed by atoms with Crippen molar-refractivity contribution in [2.75, 3.05) is 7.11 Å². The summed E-state index contributed by atoms with van der Waals surface area (Å²) in [4.78, 5) is 24.9. The van der Waals surface area contributed by atoms with Gasteiger partial charge in [-0.2, -0.15) is 10.2 Å². The van der Waals surface area contributed by atoms with Crippen LogP contribution >= 0.6 is 0 Å². The van der Waals surface area contributed by atoms with Gasteiger partial charge in [-0.1, -0.05) is 48.5 Å². The molecule has 1 amide bonds. The van der Waals surface area contributed by atoms with Crippen LogP contribution in [-0.2, 0) is 7.05 Å². The molecule has 4 aromatic rings. The maximum absolute atomic E-state index is 12.7. The van der Waals surface area contributed by atoms with Crippen LogP contribution in [-0.4, -0.2) is 29.0 Å². The highest BCUT2D eigenvalue weighted by Crippen LogP contribution is 2.26. The summed E-state index contributed by atoms with van der Waals surface area (Å²) in [5, 5.41) is 11.1.